The molecule has 0 bridgehead atoms. The van der Waals surface area contributed by atoms with Crippen molar-refractivity contribution in [1.29, 1.82) is 0 Å². The van der Waals surface area contributed by atoms with Gasteiger partial charge in [-0.1, -0.05) is 25.7 Å². The van der Waals surface area contributed by atoms with Gasteiger partial charge in [0.05, 0.1) is 6.10 Å². The number of rotatable bonds is 6. The molecule has 0 amide bonds. The van der Waals surface area contributed by atoms with Crippen molar-refractivity contribution in [3.05, 3.63) is 0 Å². The molecular weight excluding hydrogens is 218 g/mol. The lowest BCUT2D eigenvalue weighted by Gasteiger charge is -2.25. The first-order valence-corrected chi connectivity index (χ1v) is 6.62. The fraction of sp³-hybridized carbons (Fsp3) is 0.923. The van der Waals surface area contributed by atoms with Crippen LogP contribution in [0.3, 0.4) is 0 Å². The Balaban J connectivity index is 2.28. The molecule has 4 heteroatoms. The monoisotopic (exact) mass is 243 g/mol. The summed E-state index contributed by atoms with van der Waals surface area (Å²) >= 11 is 0. The molecule has 2 N–H and O–H groups in total. The van der Waals surface area contributed by atoms with Crippen molar-refractivity contribution >= 4 is 5.97 Å². The molecule has 1 aliphatic carbocycles. The number of likely N-dealkylation sites (N-methyl/N-ethyl adjacent to an activating group) is 1. The largest absolute Gasteiger partial charge is 0.480 e. The molecule has 1 unspecified atom stereocenters. The Bertz CT molecular complexity index is 237. The molecule has 17 heavy (non-hydrogen) atoms. The topological polar surface area (TPSA) is 58.6 Å². The molecule has 0 radical (unpaired) electrons. The molecule has 1 fully saturated rings. The van der Waals surface area contributed by atoms with Crippen molar-refractivity contribution in [2.75, 3.05) is 13.7 Å². The number of nitrogens with one attached hydrogen (secondary N) is 1. The fourth-order valence-electron chi connectivity index (χ4n) is 2.18. The molecule has 0 spiro atoms. The lowest BCUT2D eigenvalue weighted by molar-refractivity contribution is -0.145. The Morgan fingerprint density at radius 2 is 1.94 bits per heavy atom. The number of carbonyl (C=O) groups is 1. The first kappa shape index (κ1) is 14.5. The predicted octanol–water partition coefficient (Wildman–Crippen LogP) is 2.18. The summed E-state index contributed by atoms with van der Waals surface area (Å²) in [5.74, 6) is -0.815. The van der Waals surface area contributed by atoms with E-state index in [1.165, 1.54) is 25.7 Å². The molecule has 0 aliphatic heterocycles. The van der Waals surface area contributed by atoms with Crippen LogP contribution >= 0.6 is 0 Å². The molecule has 1 saturated carbocycles. The number of hydrogen-bond acceptors (Lipinski definition) is 3. The van der Waals surface area contributed by atoms with Gasteiger partial charge in [0.1, 0.15) is 5.54 Å². The minimum atomic E-state index is -0.870. The minimum absolute atomic E-state index is 0.340. The van der Waals surface area contributed by atoms with Crippen LogP contribution in [0.1, 0.15) is 51.9 Å². The van der Waals surface area contributed by atoms with Gasteiger partial charge in [-0.3, -0.25) is 4.79 Å². The Morgan fingerprint density at radius 3 is 2.41 bits per heavy atom. The van der Waals surface area contributed by atoms with Gasteiger partial charge in [-0.05, 0) is 33.2 Å². The summed E-state index contributed by atoms with van der Waals surface area (Å²) in [6.07, 6.45) is 8.21. The number of carboxylic acids is 1. The molecule has 0 heterocycles. The van der Waals surface area contributed by atoms with Gasteiger partial charge in [0.2, 0.25) is 0 Å². The van der Waals surface area contributed by atoms with Gasteiger partial charge >= 0.3 is 5.97 Å². The summed E-state index contributed by atoms with van der Waals surface area (Å²) in [5, 5.41) is 11.9. The van der Waals surface area contributed by atoms with Gasteiger partial charge in [0, 0.05) is 6.61 Å². The zero-order valence-corrected chi connectivity index (χ0v) is 11.0. The Hall–Kier alpha value is -0.610. The number of aliphatic carboxylic acids is 1. The van der Waals surface area contributed by atoms with Crippen LogP contribution in [0.4, 0.5) is 0 Å². The van der Waals surface area contributed by atoms with Gasteiger partial charge in [0.15, 0.2) is 0 Å². The second-order valence-electron chi connectivity index (χ2n) is 5.12. The molecule has 1 rings (SSSR count). The van der Waals surface area contributed by atoms with Crippen LogP contribution in [0.25, 0.3) is 0 Å². The second-order valence-corrected chi connectivity index (χ2v) is 5.12. The third-order valence-electron chi connectivity index (χ3n) is 3.78. The highest BCUT2D eigenvalue weighted by atomic mass is 16.5. The first-order valence-electron chi connectivity index (χ1n) is 6.62. The summed E-state index contributed by atoms with van der Waals surface area (Å²) in [5.41, 5.74) is -0.870. The van der Waals surface area contributed by atoms with Crippen molar-refractivity contribution in [3.63, 3.8) is 0 Å². The summed E-state index contributed by atoms with van der Waals surface area (Å²) < 4.78 is 5.81. The highest BCUT2D eigenvalue weighted by molar-refractivity contribution is 5.78. The van der Waals surface area contributed by atoms with E-state index in [1.807, 2.05) is 0 Å². The molecule has 0 aromatic heterocycles. The Kier molecular flexibility index (Phi) is 5.92. The van der Waals surface area contributed by atoms with E-state index < -0.39 is 11.5 Å². The third-order valence-corrected chi connectivity index (χ3v) is 3.78. The molecule has 100 valence electrons. The predicted molar refractivity (Wildman–Crippen MR) is 67.2 cm³/mol. The van der Waals surface area contributed by atoms with Crippen molar-refractivity contribution in [2.45, 2.75) is 63.5 Å². The standard InChI is InChI=1S/C13H25NO3/c1-13(14-2,12(15)16)9-10-17-11-7-5-3-4-6-8-11/h11,14H,3-10H2,1-2H3,(H,15,16). The third kappa shape index (κ3) is 4.64. The number of ether oxygens (including phenoxy) is 1. The molecule has 0 saturated heterocycles. The quantitative estimate of drug-likeness (QED) is 0.702. The van der Waals surface area contributed by atoms with Crippen LogP contribution in [0, 0.1) is 0 Å². The lowest BCUT2D eigenvalue weighted by atomic mass is 9.99. The molecule has 4 nitrogen and oxygen atoms in total. The smallest absolute Gasteiger partial charge is 0.323 e. The van der Waals surface area contributed by atoms with Gasteiger partial charge in [-0.25, -0.2) is 0 Å². The van der Waals surface area contributed by atoms with Crippen LogP contribution in [0.15, 0.2) is 0 Å². The van der Waals surface area contributed by atoms with E-state index in [9.17, 15) is 4.79 Å². The average Bonchev–Trinajstić information content (AvgIpc) is 2.57. The maximum atomic E-state index is 11.1. The van der Waals surface area contributed by atoms with Crippen molar-refractivity contribution in [1.82, 2.24) is 5.32 Å². The van der Waals surface area contributed by atoms with E-state index in [2.05, 4.69) is 5.32 Å². The summed E-state index contributed by atoms with van der Waals surface area (Å²) in [4.78, 5) is 11.1. The minimum Gasteiger partial charge on any atom is -0.480 e. The number of carboxylic acid groups (broad SMARTS) is 1. The fourth-order valence-corrected chi connectivity index (χ4v) is 2.18. The second kappa shape index (κ2) is 6.97. The van der Waals surface area contributed by atoms with Gasteiger partial charge < -0.3 is 15.2 Å². The average molecular weight is 243 g/mol. The Labute approximate surface area is 104 Å². The van der Waals surface area contributed by atoms with Crippen LogP contribution < -0.4 is 5.32 Å². The van der Waals surface area contributed by atoms with Crippen LogP contribution in [-0.2, 0) is 9.53 Å². The van der Waals surface area contributed by atoms with E-state index in [-0.39, 0.29) is 0 Å². The Morgan fingerprint density at radius 1 is 1.35 bits per heavy atom. The van der Waals surface area contributed by atoms with E-state index in [0.29, 0.717) is 19.1 Å². The van der Waals surface area contributed by atoms with Crippen LogP contribution in [-0.4, -0.2) is 36.4 Å². The van der Waals surface area contributed by atoms with E-state index >= 15 is 0 Å². The van der Waals surface area contributed by atoms with Gasteiger partial charge in [-0.15, -0.1) is 0 Å². The molecule has 1 atom stereocenters. The summed E-state index contributed by atoms with van der Waals surface area (Å²) in [6.45, 7) is 2.22. The molecule has 0 aromatic carbocycles. The summed E-state index contributed by atoms with van der Waals surface area (Å²) in [7, 11) is 1.68. The highest BCUT2D eigenvalue weighted by Crippen LogP contribution is 2.20. The first-order chi connectivity index (χ1) is 8.08. The van der Waals surface area contributed by atoms with Crippen LogP contribution in [0.5, 0.6) is 0 Å². The van der Waals surface area contributed by atoms with E-state index in [4.69, 9.17) is 9.84 Å². The van der Waals surface area contributed by atoms with E-state index in [1.54, 1.807) is 14.0 Å². The SMILES string of the molecule is CNC(C)(CCOC1CCCCCC1)C(=O)O. The van der Waals surface area contributed by atoms with Crippen LogP contribution in [0.2, 0.25) is 0 Å². The van der Waals surface area contributed by atoms with E-state index in [0.717, 1.165) is 12.8 Å². The van der Waals surface area contributed by atoms with Crippen molar-refractivity contribution in [2.24, 2.45) is 0 Å². The molecule has 0 aromatic rings. The van der Waals surface area contributed by atoms with Crippen molar-refractivity contribution < 1.29 is 14.6 Å². The lowest BCUT2D eigenvalue weighted by Crippen LogP contribution is -2.48. The van der Waals surface area contributed by atoms with Gasteiger partial charge in [0.25, 0.3) is 0 Å². The summed E-state index contributed by atoms with van der Waals surface area (Å²) in [6, 6.07) is 0. The van der Waals surface area contributed by atoms with Gasteiger partial charge in [-0.2, -0.15) is 0 Å². The zero-order valence-electron chi connectivity index (χ0n) is 11.0. The maximum Gasteiger partial charge on any atom is 0.323 e. The normalized spacial score (nSPS) is 21.8. The van der Waals surface area contributed by atoms with Crippen molar-refractivity contribution in [3.8, 4) is 0 Å². The number of hydrogen-bond donors (Lipinski definition) is 2. The maximum absolute atomic E-state index is 11.1. The zero-order chi connectivity index (χ0) is 12.7. The molecule has 1 aliphatic rings. The molecular formula is C13H25NO3. The highest BCUT2D eigenvalue weighted by Gasteiger charge is 2.30.